The zero-order valence-corrected chi connectivity index (χ0v) is 16.3. The molecule has 0 amide bonds. The Morgan fingerprint density at radius 3 is 2.04 bits per heavy atom. The fraction of sp³-hybridized carbons (Fsp3) is 0.269. The van der Waals surface area contributed by atoms with E-state index in [9.17, 15) is 0 Å². The molecule has 138 valence electrons. The van der Waals surface area contributed by atoms with Gasteiger partial charge in [0.15, 0.2) is 0 Å². The zero-order valence-electron chi connectivity index (χ0n) is 16.3. The first-order valence-corrected chi connectivity index (χ1v) is 10.1. The number of benzene rings is 3. The maximum Gasteiger partial charge on any atom is 0.0630 e. The Morgan fingerprint density at radius 2 is 1.33 bits per heavy atom. The van der Waals surface area contributed by atoms with Gasteiger partial charge in [-0.05, 0) is 47.2 Å². The van der Waals surface area contributed by atoms with Gasteiger partial charge < -0.3 is 0 Å². The van der Waals surface area contributed by atoms with Crippen LogP contribution in [-0.4, -0.2) is 6.21 Å². The first-order chi connectivity index (χ1) is 13.3. The number of unbranched alkanes of at least 4 members (excludes halogenated alkanes) is 4. The van der Waals surface area contributed by atoms with E-state index in [1.54, 1.807) is 0 Å². The molecule has 0 fully saturated rings. The average Bonchev–Trinajstić information content (AvgIpc) is 2.74. The van der Waals surface area contributed by atoms with E-state index in [1.807, 2.05) is 12.3 Å². The molecule has 3 aromatic rings. The highest BCUT2D eigenvalue weighted by Crippen LogP contribution is 2.19. The molecule has 0 saturated heterocycles. The van der Waals surface area contributed by atoms with Gasteiger partial charge >= 0.3 is 0 Å². The first-order valence-electron chi connectivity index (χ1n) is 10.1. The van der Waals surface area contributed by atoms with Crippen molar-refractivity contribution in [1.29, 1.82) is 0 Å². The maximum absolute atomic E-state index is 4.62. The van der Waals surface area contributed by atoms with Crippen LogP contribution in [0.3, 0.4) is 0 Å². The number of hydrogen-bond donors (Lipinski definition) is 0. The zero-order chi connectivity index (χ0) is 18.7. The van der Waals surface area contributed by atoms with Crippen LogP contribution in [0.5, 0.6) is 0 Å². The summed E-state index contributed by atoms with van der Waals surface area (Å²) in [6.45, 7) is 2.26. The lowest BCUT2D eigenvalue weighted by molar-refractivity contribution is 0.632. The Hall–Kier alpha value is -2.67. The summed E-state index contributed by atoms with van der Waals surface area (Å²) >= 11 is 0. The molecular weight excluding hydrogens is 326 g/mol. The van der Waals surface area contributed by atoms with Crippen LogP contribution < -0.4 is 0 Å². The van der Waals surface area contributed by atoms with Crippen LogP contribution in [0.25, 0.3) is 11.1 Å². The molecule has 0 spiro atoms. The molecule has 1 nitrogen and oxygen atoms in total. The smallest absolute Gasteiger partial charge is 0.0630 e. The highest BCUT2D eigenvalue weighted by atomic mass is 14.7. The minimum absolute atomic E-state index is 1.01. The van der Waals surface area contributed by atoms with Gasteiger partial charge in [0.1, 0.15) is 0 Å². The lowest BCUT2D eigenvalue weighted by Gasteiger charge is -2.03. The molecule has 0 unspecified atom stereocenters. The molecule has 0 aliphatic carbocycles. The van der Waals surface area contributed by atoms with Crippen molar-refractivity contribution >= 4 is 11.9 Å². The van der Waals surface area contributed by atoms with Crippen LogP contribution in [0.1, 0.15) is 50.2 Å². The fourth-order valence-corrected chi connectivity index (χ4v) is 3.22. The molecule has 1 heteroatoms. The summed E-state index contributed by atoms with van der Waals surface area (Å²) in [5.74, 6) is 0. The third kappa shape index (κ3) is 6.21. The van der Waals surface area contributed by atoms with Gasteiger partial charge in [-0.3, -0.25) is 4.99 Å². The lowest BCUT2D eigenvalue weighted by Crippen LogP contribution is -1.86. The second-order valence-corrected chi connectivity index (χ2v) is 7.08. The van der Waals surface area contributed by atoms with Crippen LogP contribution in [0.15, 0.2) is 83.9 Å². The molecule has 27 heavy (non-hydrogen) atoms. The van der Waals surface area contributed by atoms with Gasteiger partial charge in [0.25, 0.3) is 0 Å². The van der Waals surface area contributed by atoms with Gasteiger partial charge in [0.2, 0.25) is 0 Å². The highest BCUT2D eigenvalue weighted by Gasteiger charge is 1.97. The van der Waals surface area contributed by atoms with E-state index in [0.717, 1.165) is 11.3 Å². The highest BCUT2D eigenvalue weighted by molar-refractivity contribution is 5.83. The summed E-state index contributed by atoms with van der Waals surface area (Å²) in [6.07, 6.45) is 9.77. The van der Waals surface area contributed by atoms with E-state index in [0.29, 0.717) is 0 Å². The molecule has 0 saturated carbocycles. The van der Waals surface area contributed by atoms with E-state index in [-0.39, 0.29) is 0 Å². The molecule has 0 heterocycles. The Morgan fingerprint density at radius 1 is 0.667 bits per heavy atom. The van der Waals surface area contributed by atoms with Crippen molar-refractivity contribution < 1.29 is 0 Å². The normalized spacial score (nSPS) is 11.1. The van der Waals surface area contributed by atoms with E-state index in [2.05, 4.69) is 84.7 Å². The van der Waals surface area contributed by atoms with Crippen LogP contribution in [0.4, 0.5) is 5.69 Å². The summed E-state index contributed by atoms with van der Waals surface area (Å²) < 4.78 is 0. The molecule has 3 rings (SSSR count). The second-order valence-electron chi connectivity index (χ2n) is 7.08. The van der Waals surface area contributed by atoms with Crippen LogP contribution in [-0.2, 0) is 6.42 Å². The van der Waals surface area contributed by atoms with Crippen molar-refractivity contribution in [3.8, 4) is 11.1 Å². The van der Waals surface area contributed by atoms with Crippen molar-refractivity contribution in [2.45, 2.75) is 45.4 Å². The van der Waals surface area contributed by atoms with Gasteiger partial charge in [-0.1, -0.05) is 99.3 Å². The summed E-state index contributed by atoms with van der Waals surface area (Å²) in [7, 11) is 0. The van der Waals surface area contributed by atoms with E-state index in [1.165, 1.54) is 55.2 Å². The molecule has 0 aliphatic rings. The standard InChI is InChI=1S/C26H29N/c1-2-3-4-5-7-10-22-15-19-26(20-16-22)27-21-23-13-17-25(18-14-23)24-11-8-6-9-12-24/h6,8-9,11-21H,2-5,7,10H2,1H3. The predicted octanol–water partition coefficient (Wildman–Crippen LogP) is 7.62. The van der Waals surface area contributed by atoms with Gasteiger partial charge in [0.05, 0.1) is 5.69 Å². The van der Waals surface area contributed by atoms with Gasteiger partial charge in [-0.2, -0.15) is 0 Å². The van der Waals surface area contributed by atoms with E-state index < -0.39 is 0 Å². The molecule has 0 aliphatic heterocycles. The summed E-state index contributed by atoms with van der Waals surface area (Å²) in [4.78, 5) is 4.62. The fourth-order valence-electron chi connectivity index (χ4n) is 3.22. The molecule has 3 aromatic carbocycles. The van der Waals surface area contributed by atoms with Crippen LogP contribution in [0, 0.1) is 0 Å². The molecule has 0 bridgehead atoms. The molecule has 0 N–H and O–H groups in total. The van der Waals surface area contributed by atoms with Crippen molar-refractivity contribution in [3.63, 3.8) is 0 Å². The Kier molecular flexibility index (Phi) is 7.41. The summed E-state index contributed by atoms with van der Waals surface area (Å²) in [6, 6.07) is 27.7. The largest absolute Gasteiger partial charge is 0.256 e. The molecule has 0 radical (unpaired) electrons. The predicted molar refractivity (Wildman–Crippen MR) is 118 cm³/mol. The van der Waals surface area contributed by atoms with Crippen molar-refractivity contribution in [2.75, 3.05) is 0 Å². The quantitative estimate of drug-likeness (QED) is 0.276. The number of rotatable bonds is 9. The molecule has 0 atom stereocenters. The van der Waals surface area contributed by atoms with Crippen molar-refractivity contribution in [2.24, 2.45) is 4.99 Å². The van der Waals surface area contributed by atoms with E-state index >= 15 is 0 Å². The summed E-state index contributed by atoms with van der Waals surface area (Å²) in [5.41, 5.74) is 6.02. The summed E-state index contributed by atoms with van der Waals surface area (Å²) in [5, 5.41) is 0. The Bertz CT molecular complexity index is 814. The topological polar surface area (TPSA) is 12.4 Å². The van der Waals surface area contributed by atoms with Crippen molar-refractivity contribution in [3.05, 3.63) is 90.0 Å². The van der Waals surface area contributed by atoms with E-state index in [4.69, 9.17) is 0 Å². The first kappa shape index (κ1) is 19.1. The maximum atomic E-state index is 4.62. The Labute approximate surface area is 163 Å². The number of aryl methyl sites for hydroxylation is 1. The van der Waals surface area contributed by atoms with Crippen LogP contribution >= 0.6 is 0 Å². The number of aliphatic imine (C=N–C) groups is 1. The Balaban J connectivity index is 1.53. The van der Waals surface area contributed by atoms with Gasteiger partial charge in [0, 0.05) is 6.21 Å². The average molecular weight is 356 g/mol. The van der Waals surface area contributed by atoms with Crippen LogP contribution in [0.2, 0.25) is 0 Å². The number of hydrogen-bond acceptors (Lipinski definition) is 1. The second kappa shape index (κ2) is 10.5. The third-order valence-electron chi connectivity index (χ3n) is 4.89. The third-order valence-corrected chi connectivity index (χ3v) is 4.89. The SMILES string of the molecule is CCCCCCCc1ccc(N=Cc2ccc(-c3ccccc3)cc2)cc1. The molecule has 0 aromatic heterocycles. The number of nitrogens with zero attached hydrogens (tertiary/aromatic N) is 1. The minimum Gasteiger partial charge on any atom is -0.256 e. The van der Waals surface area contributed by atoms with Gasteiger partial charge in [-0.25, -0.2) is 0 Å². The van der Waals surface area contributed by atoms with Crippen molar-refractivity contribution in [1.82, 2.24) is 0 Å². The van der Waals surface area contributed by atoms with Gasteiger partial charge in [-0.15, -0.1) is 0 Å². The monoisotopic (exact) mass is 355 g/mol. The molecular formula is C26H29N. The lowest BCUT2D eigenvalue weighted by atomic mass is 10.0. The minimum atomic E-state index is 1.01.